The van der Waals surface area contributed by atoms with Gasteiger partial charge >= 0.3 is 11.9 Å². The van der Waals surface area contributed by atoms with Crippen LogP contribution >= 0.6 is 0 Å². The second-order valence-corrected chi connectivity index (χ2v) is 5.45. The number of nitrogens with one attached hydrogen (secondary N) is 2. The summed E-state index contributed by atoms with van der Waals surface area (Å²) in [5.41, 5.74) is 1.47. The van der Waals surface area contributed by atoms with Crippen molar-refractivity contribution >= 4 is 11.9 Å². The molecule has 0 aliphatic heterocycles. The fourth-order valence-corrected chi connectivity index (χ4v) is 3.44. The smallest absolute Gasteiger partial charge is 0.307 e. The third-order valence-corrected chi connectivity index (χ3v) is 4.38. The first-order valence-corrected chi connectivity index (χ1v) is 6.99. The Labute approximate surface area is 126 Å². The largest absolute Gasteiger partial charge is 0.481 e. The van der Waals surface area contributed by atoms with Crippen molar-refractivity contribution in [3.05, 3.63) is 60.2 Å². The van der Waals surface area contributed by atoms with Crippen LogP contribution in [0.15, 0.2) is 49.1 Å². The number of aliphatic carboxylic acids is 2. The Hall–Kier alpha value is -2.76. The van der Waals surface area contributed by atoms with Gasteiger partial charge in [0.25, 0.3) is 0 Å². The highest BCUT2D eigenvalue weighted by molar-refractivity contribution is 5.83. The van der Waals surface area contributed by atoms with Gasteiger partial charge in [0, 0.05) is 36.1 Å². The number of hydrogen-bond donors (Lipinski definition) is 2. The molecule has 1 fully saturated rings. The van der Waals surface area contributed by atoms with Gasteiger partial charge in [0.2, 0.25) is 0 Å². The maximum atomic E-state index is 11.7. The molecule has 2 heterocycles. The Balaban J connectivity index is 2.04. The molecule has 0 radical (unpaired) electrons. The summed E-state index contributed by atoms with van der Waals surface area (Å²) in [6.07, 6.45) is 6.71. The number of aromatic nitrogens is 2. The molecule has 4 N–H and O–H groups in total. The molecule has 6 heteroatoms. The van der Waals surface area contributed by atoms with Gasteiger partial charge in [-0.2, -0.15) is 0 Å². The standard InChI is InChI=1S/C16H14N2O4/c19-15(20)13-11(9-1-5-17-6-2-9)14(16(21)22)12(13)10-3-7-18-8-4-10/h1-8,11-14H,(H,19,20)(H,21,22)/p+2. The number of aromatic amines is 2. The van der Waals surface area contributed by atoms with E-state index in [0.29, 0.717) is 0 Å². The molecule has 0 bridgehead atoms. The zero-order chi connectivity index (χ0) is 15.7. The molecule has 1 aliphatic rings. The van der Waals surface area contributed by atoms with E-state index < -0.39 is 35.6 Å². The van der Waals surface area contributed by atoms with Gasteiger partial charge in [0.05, 0.1) is 11.8 Å². The highest BCUT2D eigenvalue weighted by Crippen LogP contribution is 2.57. The van der Waals surface area contributed by atoms with Gasteiger partial charge in [-0.25, -0.2) is 9.97 Å². The average molecular weight is 300 g/mol. The normalized spacial score (nSPS) is 26.9. The molecule has 22 heavy (non-hydrogen) atoms. The van der Waals surface area contributed by atoms with Gasteiger partial charge < -0.3 is 10.2 Å². The van der Waals surface area contributed by atoms with Crippen LogP contribution in [0.25, 0.3) is 0 Å². The summed E-state index contributed by atoms with van der Waals surface area (Å²) in [6, 6.07) is 6.97. The molecule has 0 aromatic carbocycles. The van der Waals surface area contributed by atoms with Crippen LogP contribution in [0, 0.1) is 11.8 Å². The van der Waals surface area contributed by atoms with E-state index in [1.807, 2.05) is 0 Å². The van der Waals surface area contributed by atoms with Gasteiger partial charge in [-0.3, -0.25) is 9.59 Å². The fraction of sp³-hybridized carbons (Fsp3) is 0.250. The summed E-state index contributed by atoms with van der Waals surface area (Å²) < 4.78 is 0. The highest BCUT2D eigenvalue weighted by Gasteiger charge is 2.58. The van der Waals surface area contributed by atoms with Crippen molar-refractivity contribution in [2.75, 3.05) is 0 Å². The summed E-state index contributed by atoms with van der Waals surface area (Å²) in [4.78, 5) is 29.2. The van der Waals surface area contributed by atoms with E-state index in [1.54, 1.807) is 49.1 Å². The third kappa shape index (κ3) is 2.22. The van der Waals surface area contributed by atoms with Gasteiger partial charge in [-0.1, -0.05) is 0 Å². The van der Waals surface area contributed by atoms with Gasteiger partial charge in [-0.15, -0.1) is 0 Å². The van der Waals surface area contributed by atoms with E-state index in [0.717, 1.165) is 11.1 Å². The molecule has 1 saturated carbocycles. The quantitative estimate of drug-likeness (QED) is 0.862. The Morgan fingerprint density at radius 2 is 1.05 bits per heavy atom. The first-order chi connectivity index (χ1) is 10.6. The lowest BCUT2D eigenvalue weighted by Crippen LogP contribution is -2.51. The number of pyridine rings is 2. The monoisotopic (exact) mass is 300 g/mol. The van der Waals surface area contributed by atoms with Crippen molar-refractivity contribution in [3.8, 4) is 0 Å². The maximum Gasteiger partial charge on any atom is 0.307 e. The molecule has 3 rings (SSSR count). The van der Waals surface area contributed by atoms with Gasteiger partial charge in [0.1, 0.15) is 0 Å². The summed E-state index contributed by atoms with van der Waals surface area (Å²) in [7, 11) is 0. The molecular formula is C16H16N2O4+2. The number of hydrogen-bond acceptors (Lipinski definition) is 2. The Bertz CT molecular complexity index is 620. The maximum absolute atomic E-state index is 11.7. The number of rotatable bonds is 4. The van der Waals surface area contributed by atoms with Crippen LogP contribution in [0.3, 0.4) is 0 Å². The molecule has 1 aliphatic carbocycles. The zero-order valence-corrected chi connectivity index (χ0v) is 11.6. The van der Waals surface area contributed by atoms with E-state index in [9.17, 15) is 19.8 Å². The number of carbonyl (C=O) groups is 2. The van der Waals surface area contributed by atoms with Crippen molar-refractivity contribution < 1.29 is 29.8 Å². The molecule has 0 amide bonds. The molecule has 112 valence electrons. The van der Waals surface area contributed by atoms with Crippen molar-refractivity contribution in [2.45, 2.75) is 11.8 Å². The van der Waals surface area contributed by atoms with E-state index in [1.165, 1.54) is 0 Å². The molecule has 0 atom stereocenters. The Morgan fingerprint density at radius 3 is 1.32 bits per heavy atom. The molecule has 0 unspecified atom stereocenters. The minimum atomic E-state index is -0.965. The van der Waals surface area contributed by atoms with Crippen LogP contribution in [0.1, 0.15) is 23.0 Å². The average Bonchev–Trinajstić information content (AvgIpc) is 2.47. The molecule has 2 aromatic rings. The van der Waals surface area contributed by atoms with E-state index in [4.69, 9.17) is 0 Å². The summed E-state index contributed by atoms with van der Waals surface area (Å²) in [5, 5.41) is 19.2. The lowest BCUT2D eigenvalue weighted by molar-refractivity contribution is -0.378. The lowest BCUT2D eigenvalue weighted by Gasteiger charge is -2.47. The van der Waals surface area contributed by atoms with Crippen LogP contribution in [-0.4, -0.2) is 22.2 Å². The van der Waals surface area contributed by atoms with Crippen LogP contribution in [0.2, 0.25) is 0 Å². The topological polar surface area (TPSA) is 103 Å². The van der Waals surface area contributed by atoms with Gasteiger partial charge in [0.15, 0.2) is 24.8 Å². The second kappa shape index (κ2) is 5.55. The molecular weight excluding hydrogens is 284 g/mol. The number of H-pyrrole nitrogens is 2. The van der Waals surface area contributed by atoms with Crippen molar-refractivity contribution in [1.29, 1.82) is 0 Å². The van der Waals surface area contributed by atoms with Crippen LogP contribution in [0.5, 0.6) is 0 Å². The fourth-order valence-electron chi connectivity index (χ4n) is 3.44. The van der Waals surface area contributed by atoms with Crippen molar-refractivity contribution in [2.24, 2.45) is 11.8 Å². The first kappa shape index (κ1) is 14.2. The SMILES string of the molecule is O=C(O)C1C(c2cc[nH+]cc2)C(C(=O)O)C1c1cc[nH+]cc1. The number of carboxylic acid groups (broad SMARTS) is 2. The molecule has 6 nitrogen and oxygen atoms in total. The van der Waals surface area contributed by atoms with Gasteiger partial charge in [-0.05, 0) is 11.1 Å². The predicted octanol–water partition coefficient (Wildman–Crippen LogP) is 0.597. The number of carboxylic acids is 2. The first-order valence-electron chi connectivity index (χ1n) is 6.99. The van der Waals surface area contributed by atoms with Crippen LogP contribution in [0.4, 0.5) is 0 Å². The minimum absolute atomic E-state index is 0.529. The van der Waals surface area contributed by atoms with Crippen molar-refractivity contribution in [1.82, 2.24) is 0 Å². The highest BCUT2D eigenvalue weighted by atomic mass is 16.4. The Kier molecular flexibility index (Phi) is 3.58. The van der Waals surface area contributed by atoms with Crippen LogP contribution < -0.4 is 9.97 Å². The summed E-state index contributed by atoms with van der Waals surface area (Å²) >= 11 is 0. The van der Waals surface area contributed by atoms with E-state index in [2.05, 4.69) is 9.97 Å². The van der Waals surface area contributed by atoms with Crippen LogP contribution in [-0.2, 0) is 9.59 Å². The van der Waals surface area contributed by atoms with Crippen molar-refractivity contribution in [3.63, 3.8) is 0 Å². The third-order valence-electron chi connectivity index (χ3n) is 4.38. The minimum Gasteiger partial charge on any atom is -0.481 e. The van der Waals surface area contributed by atoms with E-state index >= 15 is 0 Å². The Morgan fingerprint density at radius 1 is 0.727 bits per heavy atom. The molecule has 0 spiro atoms. The summed E-state index contributed by atoms with van der Waals surface area (Å²) in [5.74, 6) is -4.48. The predicted molar refractivity (Wildman–Crippen MR) is 73.7 cm³/mol. The molecule has 0 saturated heterocycles. The lowest BCUT2D eigenvalue weighted by atomic mass is 9.52. The van der Waals surface area contributed by atoms with E-state index in [-0.39, 0.29) is 0 Å². The zero-order valence-electron chi connectivity index (χ0n) is 11.6. The molecule has 2 aromatic heterocycles. The second-order valence-electron chi connectivity index (χ2n) is 5.45. The summed E-state index contributed by atoms with van der Waals surface area (Å²) in [6.45, 7) is 0.